The minimum atomic E-state index is -0.835. The molecule has 1 fully saturated rings. The van der Waals surface area contributed by atoms with E-state index in [0.717, 1.165) is 0 Å². The summed E-state index contributed by atoms with van der Waals surface area (Å²) in [6, 6.07) is 4.42. The Kier molecular flexibility index (Phi) is 3.36. The van der Waals surface area contributed by atoms with Gasteiger partial charge in [-0.1, -0.05) is 6.92 Å². The summed E-state index contributed by atoms with van der Waals surface area (Å²) in [7, 11) is 0. The Morgan fingerprint density at radius 2 is 2.33 bits per heavy atom. The van der Waals surface area contributed by atoms with Crippen LogP contribution < -0.4 is 11.1 Å². The molecule has 0 radical (unpaired) electrons. The fraction of sp³-hybridized carbons (Fsp3) is 0.462. The monoisotopic (exact) mass is 252 g/mol. The van der Waals surface area contributed by atoms with Crippen LogP contribution in [0.25, 0.3) is 0 Å². The highest BCUT2D eigenvalue weighted by Crippen LogP contribution is 2.35. The third-order valence-electron chi connectivity index (χ3n) is 3.38. The second-order valence-corrected chi connectivity index (χ2v) is 4.83. The average molecular weight is 252 g/mol. The molecule has 0 saturated carbocycles. The van der Waals surface area contributed by atoms with Crippen LogP contribution in [0.2, 0.25) is 0 Å². The van der Waals surface area contributed by atoms with E-state index in [1.54, 1.807) is 6.07 Å². The number of rotatable bonds is 2. The van der Waals surface area contributed by atoms with Crippen LogP contribution in [0.3, 0.4) is 0 Å². The normalized spacial score (nSPS) is 27.2. The van der Waals surface area contributed by atoms with Crippen LogP contribution in [-0.2, 0) is 15.1 Å². The summed E-state index contributed by atoms with van der Waals surface area (Å²) < 4.78 is 19.3. The molecule has 3 N–H and O–H groups in total. The van der Waals surface area contributed by atoms with Crippen molar-refractivity contribution in [3.63, 3.8) is 0 Å². The number of nitrogens with one attached hydrogen (secondary N) is 1. The first-order chi connectivity index (χ1) is 8.43. The standard InChI is InChI=1S/C13H17FN2O2/c1-8-6-18-7-13(8,15)11-5-10(16-9(2)17)3-4-12(11)14/h3-5,8H,6-7,15H2,1-2H3,(H,16,17)/t8-,13+/m1/s1. The van der Waals surface area contributed by atoms with Gasteiger partial charge >= 0.3 is 0 Å². The molecule has 0 unspecified atom stereocenters. The highest BCUT2D eigenvalue weighted by Gasteiger charge is 2.41. The maximum Gasteiger partial charge on any atom is 0.221 e. The molecule has 1 aromatic carbocycles. The molecule has 0 spiro atoms. The van der Waals surface area contributed by atoms with Gasteiger partial charge in [-0.25, -0.2) is 4.39 Å². The first-order valence-electron chi connectivity index (χ1n) is 5.87. The van der Waals surface area contributed by atoms with Gasteiger partial charge in [0.15, 0.2) is 0 Å². The van der Waals surface area contributed by atoms with Gasteiger partial charge in [0.05, 0.1) is 18.8 Å². The van der Waals surface area contributed by atoms with Gasteiger partial charge in [-0.2, -0.15) is 0 Å². The fourth-order valence-electron chi connectivity index (χ4n) is 2.20. The Morgan fingerprint density at radius 3 is 2.89 bits per heavy atom. The van der Waals surface area contributed by atoms with Crippen LogP contribution in [0, 0.1) is 11.7 Å². The average Bonchev–Trinajstić information content (AvgIpc) is 2.62. The van der Waals surface area contributed by atoms with Crippen LogP contribution in [0.15, 0.2) is 18.2 Å². The number of nitrogens with two attached hydrogens (primary N) is 1. The van der Waals surface area contributed by atoms with Gasteiger partial charge in [-0.05, 0) is 18.2 Å². The molecular weight excluding hydrogens is 235 g/mol. The maximum atomic E-state index is 13.9. The van der Waals surface area contributed by atoms with Crippen LogP contribution in [0.1, 0.15) is 19.4 Å². The molecule has 2 rings (SSSR count). The van der Waals surface area contributed by atoms with Crippen molar-refractivity contribution in [1.29, 1.82) is 0 Å². The Morgan fingerprint density at radius 1 is 1.61 bits per heavy atom. The van der Waals surface area contributed by atoms with E-state index in [-0.39, 0.29) is 24.2 Å². The SMILES string of the molecule is CC(=O)Nc1ccc(F)c([C@]2(N)COC[C@H]2C)c1. The highest BCUT2D eigenvalue weighted by atomic mass is 19.1. The van der Waals surface area contributed by atoms with E-state index in [0.29, 0.717) is 17.9 Å². The lowest BCUT2D eigenvalue weighted by molar-refractivity contribution is -0.114. The van der Waals surface area contributed by atoms with Crippen LogP contribution >= 0.6 is 0 Å². The number of ether oxygens (including phenoxy) is 1. The van der Waals surface area contributed by atoms with Crippen molar-refractivity contribution in [2.24, 2.45) is 11.7 Å². The lowest BCUT2D eigenvalue weighted by Crippen LogP contribution is -2.43. The van der Waals surface area contributed by atoms with Gasteiger partial charge in [0, 0.05) is 24.1 Å². The molecule has 0 aromatic heterocycles. The molecule has 1 amide bonds. The summed E-state index contributed by atoms with van der Waals surface area (Å²) in [5.41, 5.74) is 6.34. The molecule has 2 atom stereocenters. The molecule has 1 heterocycles. The largest absolute Gasteiger partial charge is 0.379 e. The van der Waals surface area contributed by atoms with E-state index in [2.05, 4.69) is 5.32 Å². The Hall–Kier alpha value is -1.46. The van der Waals surface area contributed by atoms with Crippen molar-refractivity contribution in [1.82, 2.24) is 0 Å². The molecule has 1 saturated heterocycles. The van der Waals surface area contributed by atoms with Crippen LogP contribution in [0.4, 0.5) is 10.1 Å². The minimum absolute atomic E-state index is 0.0274. The second-order valence-electron chi connectivity index (χ2n) is 4.83. The summed E-state index contributed by atoms with van der Waals surface area (Å²) in [5.74, 6) is -0.544. The summed E-state index contributed by atoms with van der Waals surface area (Å²) >= 11 is 0. The Bertz CT molecular complexity index is 478. The van der Waals surface area contributed by atoms with Gasteiger partial charge in [-0.15, -0.1) is 0 Å². The van der Waals surface area contributed by atoms with Gasteiger partial charge in [0.2, 0.25) is 5.91 Å². The molecular formula is C13H17FN2O2. The topological polar surface area (TPSA) is 64.4 Å². The summed E-state index contributed by atoms with van der Waals surface area (Å²) in [6.45, 7) is 4.13. The first kappa shape index (κ1) is 13.0. The van der Waals surface area contributed by atoms with E-state index < -0.39 is 5.54 Å². The number of anilines is 1. The van der Waals surface area contributed by atoms with E-state index in [9.17, 15) is 9.18 Å². The molecule has 1 aromatic rings. The number of hydrogen-bond donors (Lipinski definition) is 2. The first-order valence-corrected chi connectivity index (χ1v) is 5.87. The summed E-state index contributed by atoms with van der Waals surface area (Å²) in [6.07, 6.45) is 0. The lowest BCUT2D eigenvalue weighted by Gasteiger charge is -2.28. The van der Waals surface area contributed by atoms with Gasteiger partial charge in [0.1, 0.15) is 5.82 Å². The smallest absolute Gasteiger partial charge is 0.221 e. The van der Waals surface area contributed by atoms with Crippen molar-refractivity contribution >= 4 is 11.6 Å². The van der Waals surface area contributed by atoms with Crippen molar-refractivity contribution in [2.75, 3.05) is 18.5 Å². The van der Waals surface area contributed by atoms with Crippen molar-refractivity contribution in [2.45, 2.75) is 19.4 Å². The minimum Gasteiger partial charge on any atom is -0.379 e. The third kappa shape index (κ3) is 2.23. The molecule has 4 nitrogen and oxygen atoms in total. The summed E-state index contributed by atoms with van der Waals surface area (Å²) in [5, 5.41) is 2.63. The number of benzene rings is 1. The number of hydrogen-bond acceptors (Lipinski definition) is 3. The van der Waals surface area contributed by atoms with Crippen molar-refractivity contribution in [3.8, 4) is 0 Å². The zero-order valence-electron chi connectivity index (χ0n) is 10.5. The third-order valence-corrected chi connectivity index (χ3v) is 3.38. The predicted molar refractivity (Wildman–Crippen MR) is 66.6 cm³/mol. The second kappa shape index (κ2) is 4.66. The van der Waals surface area contributed by atoms with Crippen molar-refractivity contribution < 1.29 is 13.9 Å². The van der Waals surface area contributed by atoms with E-state index in [1.165, 1.54) is 19.1 Å². The molecule has 1 aliphatic heterocycles. The molecule has 18 heavy (non-hydrogen) atoms. The van der Waals surface area contributed by atoms with Crippen LogP contribution in [0.5, 0.6) is 0 Å². The van der Waals surface area contributed by atoms with Crippen molar-refractivity contribution in [3.05, 3.63) is 29.6 Å². The van der Waals surface area contributed by atoms with E-state index >= 15 is 0 Å². The number of carbonyl (C=O) groups excluding carboxylic acids is 1. The molecule has 98 valence electrons. The molecule has 0 bridgehead atoms. The fourth-order valence-corrected chi connectivity index (χ4v) is 2.20. The zero-order valence-corrected chi connectivity index (χ0v) is 10.5. The van der Waals surface area contributed by atoms with Crippen LogP contribution in [-0.4, -0.2) is 19.1 Å². The number of carbonyl (C=O) groups is 1. The number of amides is 1. The Balaban J connectivity index is 2.40. The molecule has 5 heteroatoms. The lowest BCUT2D eigenvalue weighted by atomic mass is 9.82. The Labute approximate surface area is 105 Å². The molecule has 1 aliphatic rings. The van der Waals surface area contributed by atoms with Gasteiger partial charge in [0.25, 0.3) is 0 Å². The van der Waals surface area contributed by atoms with Gasteiger partial charge in [-0.3, -0.25) is 4.79 Å². The van der Waals surface area contributed by atoms with E-state index in [4.69, 9.17) is 10.5 Å². The van der Waals surface area contributed by atoms with Gasteiger partial charge < -0.3 is 15.8 Å². The quantitative estimate of drug-likeness (QED) is 0.840. The summed E-state index contributed by atoms with van der Waals surface area (Å²) in [4.78, 5) is 11.0. The van der Waals surface area contributed by atoms with E-state index in [1.807, 2.05) is 6.92 Å². The predicted octanol–water partition coefficient (Wildman–Crippen LogP) is 1.60. The highest BCUT2D eigenvalue weighted by molar-refractivity contribution is 5.88. The number of halogens is 1. The zero-order chi connectivity index (χ0) is 13.3. The molecule has 0 aliphatic carbocycles. The maximum absolute atomic E-state index is 13.9.